The number of anilines is 1. The standard InChI is InChI=1S/C21H22F2N4O3/c1-13(15-7-9-16(10-8-15)30-21(22)23)27-19(24)18(20(25)28)17(26-27)12-29-11-14-5-3-2-4-6-14/h2-10,13,21H,11-12,24H2,1H3,(H2,25,28). The van der Waals surface area contributed by atoms with E-state index in [0.717, 1.165) is 11.1 Å². The molecule has 4 N–H and O–H groups in total. The van der Waals surface area contributed by atoms with Crippen LogP contribution in [0.3, 0.4) is 0 Å². The van der Waals surface area contributed by atoms with Gasteiger partial charge in [-0.05, 0) is 30.2 Å². The Balaban J connectivity index is 1.79. The number of carbonyl (C=O) groups is 1. The maximum absolute atomic E-state index is 12.3. The number of primary amides is 1. The number of rotatable bonds is 9. The Morgan fingerprint density at radius 1 is 1.10 bits per heavy atom. The van der Waals surface area contributed by atoms with E-state index in [2.05, 4.69) is 9.84 Å². The zero-order valence-electron chi connectivity index (χ0n) is 16.3. The van der Waals surface area contributed by atoms with Gasteiger partial charge in [-0.2, -0.15) is 13.9 Å². The largest absolute Gasteiger partial charge is 0.435 e. The van der Waals surface area contributed by atoms with Gasteiger partial charge in [0.2, 0.25) is 0 Å². The summed E-state index contributed by atoms with van der Waals surface area (Å²) >= 11 is 0. The van der Waals surface area contributed by atoms with Crippen molar-refractivity contribution in [3.63, 3.8) is 0 Å². The SMILES string of the molecule is CC(c1ccc(OC(F)F)cc1)n1nc(COCc2ccccc2)c(C(N)=O)c1N. The molecule has 158 valence electrons. The lowest BCUT2D eigenvalue weighted by Gasteiger charge is -2.15. The van der Waals surface area contributed by atoms with Gasteiger partial charge in [0.15, 0.2) is 0 Å². The normalized spacial score (nSPS) is 12.1. The number of nitrogen functional groups attached to an aromatic ring is 1. The highest BCUT2D eigenvalue weighted by atomic mass is 19.3. The molecule has 30 heavy (non-hydrogen) atoms. The van der Waals surface area contributed by atoms with Gasteiger partial charge in [-0.3, -0.25) is 4.79 Å². The first-order valence-corrected chi connectivity index (χ1v) is 9.20. The van der Waals surface area contributed by atoms with Crippen molar-refractivity contribution in [2.45, 2.75) is 32.8 Å². The minimum Gasteiger partial charge on any atom is -0.435 e. The monoisotopic (exact) mass is 416 g/mol. The molecule has 3 rings (SSSR count). The average molecular weight is 416 g/mol. The van der Waals surface area contributed by atoms with Crippen molar-refractivity contribution in [1.29, 1.82) is 0 Å². The molecular formula is C21H22F2N4O3. The number of ether oxygens (including phenoxy) is 2. The molecule has 0 aliphatic carbocycles. The number of aromatic nitrogens is 2. The van der Waals surface area contributed by atoms with Gasteiger partial charge in [0, 0.05) is 0 Å². The maximum Gasteiger partial charge on any atom is 0.387 e. The lowest BCUT2D eigenvalue weighted by Crippen LogP contribution is -2.16. The zero-order valence-corrected chi connectivity index (χ0v) is 16.3. The summed E-state index contributed by atoms with van der Waals surface area (Å²) in [6.45, 7) is -0.691. The Bertz CT molecular complexity index is 991. The number of carbonyl (C=O) groups excluding carboxylic acids is 1. The molecule has 2 aromatic carbocycles. The van der Waals surface area contributed by atoms with Crippen LogP contribution in [0.1, 0.15) is 40.1 Å². The van der Waals surface area contributed by atoms with E-state index in [9.17, 15) is 13.6 Å². The molecule has 0 saturated heterocycles. The summed E-state index contributed by atoms with van der Waals surface area (Å²) in [5, 5.41) is 4.42. The van der Waals surface area contributed by atoms with Crippen molar-refractivity contribution < 1.29 is 23.0 Å². The molecule has 0 radical (unpaired) electrons. The van der Waals surface area contributed by atoms with Gasteiger partial charge in [-0.25, -0.2) is 4.68 Å². The van der Waals surface area contributed by atoms with E-state index in [1.165, 1.54) is 16.8 Å². The quantitative estimate of drug-likeness (QED) is 0.556. The van der Waals surface area contributed by atoms with Crippen LogP contribution in [0.4, 0.5) is 14.6 Å². The minimum absolute atomic E-state index is 0.0437. The number of hydrogen-bond donors (Lipinski definition) is 2. The summed E-state index contributed by atoms with van der Waals surface area (Å²) < 4.78 is 36.1. The van der Waals surface area contributed by atoms with Gasteiger partial charge in [0.1, 0.15) is 22.8 Å². The fraction of sp³-hybridized carbons (Fsp3) is 0.238. The molecule has 7 nitrogen and oxygen atoms in total. The number of nitrogens with two attached hydrogens (primary N) is 2. The Hall–Kier alpha value is -3.46. The summed E-state index contributed by atoms with van der Waals surface area (Å²) in [6.07, 6.45) is 0. The number of hydrogen-bond acceptors (Lipinski definition) is 5. The smallest absolute Gasteiger partial charge is 0.387 e. The molecular weight excluding hydrogens is 394 g/mol. The second-order valence-corrected chi connectivity index (χ2v) is 6.62. The second-order valence-electron chi connectivity index (χ2n) is 6.62. The lowest BCUT2D eigenvalue weighted by molar-refractivity contribution is -0.0498. The summed E-state index contributed by atoms with van der Waals surface area (Å²) in [5.74, 6) is -0.548. The average Bonchev–Trinajstić information content (AvgIpc) is 3.04. The molecule has 9 heteroatoms. The van der Waals surface area contributed by atoms with Crippen LogP contribution in [-0.4, -0.2) is 22.3 Å². The molecule has 1 aromatic heterocycles. The molecule has 1 amide bonds. The van der Waals surface area contributed by atoms with Crippen molar-refractivity contribution in [2.75, 3.05) is 5.73 Å². The van der Waals surface area contributed by atoms with E-state index >= 15 is 0 Å². The van der Waals surface area contributed by atoms with Crippen LogP contribution >= 0.6 is 0 Å². The Labute approximate surface area is 172 Å². The van der Waals surface area contributed by atoms with E-state index in [1.807, 2.05) is 37.3 Å². The van der Waals surface area contributed by atoms with Crippen molar-refractivity contribution in [2.24, 2.45) is 5.73 Å². The summed E-state index contributed by atoms with van der Waals surface area (Å²) in [5.41, 5.74) is 13.8. The molecule has 3 aromatic rings. The molecule has 0 saturated carbocycles. The van der Waals surface area contributed by atoms with E-state index in [1.54, 1.807) is 12.1 Å². The third-order valence-corrected chi connectivity index (χ3v) is 4.57. The molecule has 0 fully saturated rings. The van der Waals surface area contributed by atoms with E-state index in [0.29, 0.717) is 12.3 Å². The fourth-order valence-corrected chi connectivity index (χ4v) is 3.07. The summed E-state index contributed by atoms with van der Waals surface area (Å²) in [6, 6.07) is 15.3. The fourth-order valence-electron chi connectivity index (χ4n) is 3.07. The Morgan fingerprint density at radius 2 is 1.77 bits per heavy atom. The van der Waals surface area contributed by atoms with Crippen LogP contribution in [0, 0.1) is 0 Å². The first kappa shape index (κ1) is 21.3. The van der Waals surface area contributed by atoms with Crippen LogP contribution in [0.15, 0.2) is 54.6 Å². The highest BCUT2D eigenvalue weighted by Crippen LogP contribution is 2.27. The third kappa shape index (κ3) is 4.93. The van der Waals surface area contributed by atoms with Crippen LogP contribution in [-0.2, 0) is 18.0 Å². The van der Waals surface area contributed by atoms with Gasteiger partial charge in [-0.15, -0.1) is 0 Å². The van der Waals surface area contributed by atoms with Gasteiger partial charge in [-0.1, -0.05) is 42.5 Å². The molecule has 1 heterocycles. The summed E-state index contributed by atoms with van der Waals surface area (Å²) in [7, 11) is 0. The third-order valence-electron chi connectivity index (χ3n) is 4.57. The van der Waals surface area contributed by atoms with Crippen LogP contribution in [0.25, 0.3) is 0 Å². The highest BCUT2D eigenvalue weighted by molar-refractivity contribution is 5.98. The van der Waals surface area contributed by atoms with Gasteiger partial charge >= 0.3 is 6.61 Å². The maximum atomic E-state index is 12.3. The van der Waals surface area contributed by atoms with E-state index in [4.69, 9.17) is 16.2 Å². The lowest BCUT2D eigenvalue weighted by atomic mass is 10.1. The predicted octanol–water partition coefficient (Wildman–Crippen LogP) is 3.49. The first-order valence-electron chi connectivity index (χ1n) is 9.20. The van der Waals surface area contributed by atoms with Crippen LogP contribution in [0.2, 0.25) is 0 Å². The van der Waals surface area contributed by atoms with Gasteiger partial charge in [0.25, 0.3) is 5.91 Å². The Kier molecular flexibility index (Phi) is 6.63. The molecule has 1 unspecified atom stereocenters. The van der Waals surface area contributed by atoms with Crippen molar-refractivity contribution >= 4 is 11.7 Å². The minimum atomic E-state index is -2.90. The predicted molar refractivity (Wildman–Crippen MR) is 107 cm³/mol. The topological polar surface area (TPSA) is 105 Å². The number of amides is 1. The molecule has 1 atom stereocenters. The van der Waals surface area contributed by atoms with Gasteiger partial charge in [0.05, 0.1) is 19.3 Å². The van der Waals surface area contributed by atoms with Crippen molar-refractivity contribution in [3.05, 3.63) is 77.0 Å². The number of alkyl halides is 2. The van der Waals surface area contributed by atoms with Crippen molar-refractivity contribution in [1.82, 2.24) is 9.78 Å². The zero-order chi connectivity index (χ0) is 21.7. The molecule has 0 bridgehead atoms. The van der Waals surface area contributed by atoms with Crippen LogP contribution in [0.5, 0.6) is 5.75 Å². The number of benzene rings is 2. The van der Waals surface area contributed by atoms with Crippen LogP contribution < -0.4 is 16.2 Å². The molecule has 0 aliphatic heterocycles. The van der Waals surface area contributed by atoms with Gasteiger partial charge < -0.3 is 20.9 Å². The first-order chi connectivity index (χ1) is 14.4. The number of nitrogens with zero attached hydrogens (tertiary/aromatic N) is 2. The molecule has 0 aliphatic rings. The van der Waals surface area contributed by atoms with E-state index < -0.39 is 12.5 Å². The van der Waals surface area contributed by atoms with Crippen molar-refractivity contribution in [3.8, 4) is 5.75 Å². The number of halogens is 2. The Morgan fingerprint density at radius 3 is 2.37 bits per heavy atom. The second kappa shape index (κ2) is 9.36. The highest BCUT2D eigenvalue weighted by Gasteiger charge is 2.23. The molecule has 0 spiro atoms. The van der Waals surface area contributed by atoms with E-state index in [-0.39, 0.29) is 29.8 Å². The summed E-state index contributed by atoms with van der Waals surface area (Å²) in [4.78, 5) is 11.9.